The zero-order valence-electron chi connectivity index (χ0n) is 22.0. The van der Waals surface area contributed by atoms with Gasteiger partial charge in [0, 0.05) is 24.8 Å². The van der Waals surface area contributed by atoms with Crippen molar-refractivity contribution in [1.29, 1.82) is 0 Å². The second-order valence-electron chi connectivity index (χ2n) is 9.63. The lowest BCUT2D eigenvalue weighted by atomic mass is 9.88. The molecule has 2 N–H and O–H groups in total. The quantitative estimate of drug-likeness (QED) is 0.341. The number of esters is 2. The summed E-state index contributed by atoms with van der Waals surface area (Å²) in [6.07, 6.45) is 6.77. The average Bonchev–Trinajstić information content (AvgIpc) is 2.82. The molecule has 0 amide bonds. The molecule has 0 radical (unpaired) electrons. The summed E-state index contributed by atoms with van der Waals surface area (Å²) in [7, 11) is 1.58. The maximum Gasteiger partial charge on any atom is 0.309 e. The molecule has 1 aliphatic heterocycles. The van der Waals surface area contributed by atoms with Crippen molar-refractivity contribution in [1.82, 2.24) is 4.98 Å². The van der Waals surface area contributed by atoms with Crippen molar-refractivity contribution in [2.24, 2.45) is 5.92 Å². The number of ether oxygens (including phenoxy) is 3. The highest BCUT2D eigenvalue weighted by molar-refractivity contribution is 5.70. The Labute approximate surface area is 213 Å². The Morgan fingerprint density at radius 3 is 2.69 bits per heavy atom. The van der Waals surface area contributed by atoms with Crippen molar-refractivity contribution in [2.45, 2.75) is 83.7 Å². The van der Waals surface area contributed by atoms with Crippen LogP contribution >= 0.6 is 0 Å². The first-order valence-electron chi connectivity index (χ1n) is 12.2. The van der Waals surface area contributed by atoms with Crippen molar-refractivity contribution < 1.29 is 34.0 Å². The Balaban J connectivity index is 2.29. The molecule has 1 aromatic heterocycles. The number of hydrogen-bond acceptors (Lipinski definition) is 8. The number of carbonyl (C=O) groups excluding carboxylic acids is 2. The van der Waals surface area contributed by atoms with Crippen LogP contribution in [0.1, 0.15) is 65.5 Å². The highest BCUT2D eigenvalue weighted by Crippen LogP contribution is 2.27. The third-order valence-electron chi connectivity index (χ3n) is 6.25. The number of aromatic nitrogens is 1. The van der Waals surface area contributed by atoms with Crippen LogP contribution in [-0.4, -0.2) is 58.2 Å². The molecule has 6 atom stereocenters. The molecule has 0 saturated heterocycles. The number of pyridine rings is 1. The number of methoxy groups -OCH3 is 1. The molecule has 0 fully saturated rings. The standard InChI is InChI=1S/C28H39NO7/c1-18(23-11-8-12-25(29-23)34-6)9-7-10-19(2)27-20(3)13-14-24(35-21(4)30)28(5,33)16-15-22(31)17-26(32)36-27/h7-14,18,20,22,24,27,31,33H,15-17H2,1-6H3/b9-7+,14-13-,19-10+/t18?,20-,22-,24-,27+,28-/m0/s1. The Morgan fingerprint density at radius 1 is 1.31 bits per heavy atom. The average molecular weight is 502 g/mol. The van der Waals surface area contributed by atoms with Crippen LogP contribution in [-0.2, 0) is 19.1 Å². The normalized spacial score (nSPS) is 30.0. The second kappa shape index (κ2) is 13.4. The minimum Gasteiger partial charge on any atom is -0.481 e. The molecule has 8 heteroatoms. The molecule has 1 unspecified atom stereocenters. The molecular weight excluding hydrogens is 462 g/mol. The van der Waals surface area contributed by atoms with Crippen LogP contribution < -0.4 is 4.74 Å². The highest BCUT2D eigenvalue weighted by Gasteiger charge is 2.35. The summed E-state index contributed by atoms with van der Waals surface area (Å²) in [4.78, 5) is 28.7. The lowest BCUT2D eigenvalue weighted by molar-refractivity contribution is -0.157. The zero-order valence-corrected chi connectivity index (χ0v) is 22.0. The van der Waals surface area contributed by atoms with Gasteiger partial charge in [0.25, 0.3) is 0 Å². The maximum atomic E-state index is 12.6. The zero-order chi connectivity index (χ0) is 26.9. The van der Waals surface area contributed by atoms with Gasteiger partial charge in [0.05, 0.1) is 25.3 Å². The molecule has 2 heterocycles. The summed E-state index contributed by atoms with van der Waals surface area (Å²) < 4.78 is 16.3. The van der Waals surface area contributed by atoms with Crippen molar-refractivity contribution in [2.75, 3.05) is 7.11 Å². The lowest BCUT2D eigenvalue weighted by Gasteiger charge is -2.32. The van der Waals surface area contributed by atoms with Gasteiger partial charge in [0.2, 0.25) is 5.88 Å². The molecular formula is C28H39NO7. The monoisotopic (exact) mass is 501 g/mol. The van der Waals surface area contributed by atoms with E-state index in [2.05, 4.69) is 4.98 Å². The van der Waals surface area contributed by atoms with Crippen LogP contribution in [0.3, 0.4) is 0 Å². The number of carbonyl (C=O) groups is 2. The Kier molecular flexibility index (Phi) is 10.9. The van der Waals surface area contributed by atoms with Crippen LogP contribution in [0.2, 0.25) is 0 Å². The Bertz CT molecular complexity index is 982. The highest BCUT2D eigenvalue weighted by atomic mass is 16.6. The largest absolute Gasteiger partial charge is 0.481 e. The Hall–Kier alpha value is -2.97. The number of hydrogen-bond donors (Lipinski definition) is 2. The maximum absolute atomic E-state index is 12.6. The fourth-order valence-electron chi connectivity index (χ4n) is 4.00. The summed E-state index contributed by atoms with van der Waals surface area (Å²) in [5.41, 5.74) is 0.257. The molecule has 8 nitrogen and oxygen atoms in total. The van der Waals surface area contributed by atoms with Gasteiger partial charge in [-0.05, 0) is 44.4 Å². The number of rotatable bonds is 6. The van der Waals surface area contributed by atoms with Crippen molar-refractivity contribution in [3.63, 3.8) is 0 Å². The van der Waals surface area contributed by atoms with Gasteiger partial charge in [-0.3, -0.25) is 9.59 Å². The first-order valence-corrected chi connectivity index (χ1v) is 12.2. The second-order valence-corrected chi connectivity index (χ2v) is 9.63. The minimum atomic E-state index is -1.40. The van der Waals surface area contributed by atoms with E-state index in [1.165, 1.54) is 6.92 Å². The molecule has 2 rings (SSSR count). The number of allylic oxidation sites excluding steroid dienone is 3. The van der Waals surface area contributed by atoms with E-state index in [9.17, 15) is 19.8 Å². The number of cyclic esters (lactones) is 1. The van der Waals surface area contributed by atoms with Crippen LogP contribution in [0.15, 0.2) is 54.2 Å². The Morgan fingerprint density at radius 2 is 2.03 bits per heavy atom. The van der Waals surface area contributed by atoms with Crippen molar-refractivity contribution in [3.05, 3.63) is 59.8 Å². The van der Waals surface area contributed by atoms with E-state index < -0.39 is 35.9 Å². The van der Waals surface area contributed by atoms with Crippen LogP contribution in [0.4, 0.5) is 0 Å². The predicted octanol–water partition coefficient (Wildman–Crippen LogP) is 4.03. The third kappa shape index (κ3) is 8.91. The number of aliphatic hydroxyl groups is 2. The van der Waals surface area contributed by atoms with E-state index in [1.54, 1.807) is 32.3 Å². The molecule has 0 bridgehead atoms. The van der Waals surface area contributed by atoms with Gasteiger partial charge in [-0.1, -0.05) is 44.2 Å². The number of nitrogens with zero attached hydrogens (tertiary/aromatic N) is 1. The summed E-state index contributed by atoms with van der Waals surface area (Å²) in [5, 5.41) is 21.2. The first kappa shape index (κ1) is 29.3. The van der Waals surface area contributed by atoms with E-state index in [0.717, 1.165) is 11.3 Å². The van der Waals surface area contributed by atoms with Crippen LogP contribution in [0.5, 0.6) is 5.88 Å². The smallest absolute Gasteiger partial charge is 0.309 e. The van der Waals surface area contributed by atoms with E-state index in [-0.39, 0.29) is 31.1 Å². The van der Waals surface area contributed by atoms with E-state index in [4.69, 9.17) is 14.2 Å². The molecule has 0 aromatic carbocycles. The van der Waals surface area contributed by atoms with Gasteiger partial charge in [0.15, 0.2) is 0 Å². The molecule has 0 saturated carbocycles. The molecule has 0 aliphatic carbocycles. The number of aliphatic hydroxyl groups excluding tert-OH is 1. The van der Waals surface area contributed by atoms with E-state index in [0.29, 0.717) is 5.88 Å². The SMILES string of the molecule is COc1cccc(C(C)/C=C/C=C(\C)[C@H]2OC(=O)C[C@@H](O)CC[C@](C)(O)[C@@H](OC(C)=O)/C=C\[C@@H]2C)n1. The van der Waals surface area contributed by atoms with Crippen LogP contribution in [0.25, 0.3) is 0 Å². The first-order chi connectivity index (χ1) is 16.9. The van der Waals surface area contributed by atoms with E-state index in [1.807, 2.05) is 51.1 Å². The van der Waals surface area contributed by atoms with Gasteiger partial charge >= 0.3 is 11.9 Å². The van der Waals surface area contributed by atoms with Crippen molar-refractivity contribution in [3.8, 4) is 5.88 Å². The van der Waals surface area contributed by atoms with Gasteiger partial charge in [-0.15, -0.1) is 0 Å². The minimum absolute atomic E-state index is 0.0298. The van der Waals surface area contributed by atoms with Crippen molar-refractivity contribution >= 4 is 11.9 Å². The topological polar surface area (TPSA) is 115 Å². The fourth-order valence-corrected chi connectivity index (χ4v) is 4.00. The van der Waals surface area contributed by atoms with Gasteiger partial charge in [0.1, 0.15) is 17.8 Å². The van der Waals surface area contributed by atoms with E-state index >= 15 is 0 Å². The molecule has 36 heavy (non-hydrogen) atoms. The van der Waals surface area contributed by atoms with Gasteiger partial charge < -0.3 is 24.4 Å². The molecule has 0 spiro atoms. The molecule has 1 aliphatic rings. The summed E-state index contributed by atoms with van der Waals surface area (Å²) >= 11 is 0. The molecule has 1 aromatic rings. The predicted molar refractivity (Wildman–Crippen MR) is 136 cm³/mol. The van der Waals surface area contributed by atoms with Gasteiger partial charge in [-0.25, -0.2) is 4.98 Å². The summed E-state index contributed by atoms with van der Waals surface area (Å²) in [5.74, 6) is -0.749. The third-order valence-corrected chi connectivity index (χ3v) is 6.25. The fraction of sp³-hybridized carbons (Fsp3) is 0.536. The lowest BCUT2D eigenvalue weighted by Crippen LogP contribution is -2.42. The summed E-state index contributed by atoms with van der Waals surface area (Å²) in [6, 6.07) is 5.61. The van der Waals surface area contributed by atoms with Gasteiger partial charge in [-0.2, -0.15) is 0 Å². The van der Waals surface area contributed by atoms with Crippen LogP contribution in [0, 0.1) is 5.92 Å². The summed E-state index contributed by atoms with van der Waals surface area (Å²) in [6.45, 7) is 8.59. The molecule has 198 valence electrons.